The molecule has 3 rings (SSSR count). The Morgan fingerprint density at radius 3 is 2.80 bits per heavy atom. The van der Waals surface area contributed by atoms with Crippen LogP contribution in [0.3, 0.4) is 0 Å². The Balaban J connectivity index is 1.94. The Bertz CT molecular complexity index is 738. The highest BCUT2D eigenvalue weighted by Gasteiger charge is 2.33. The molecule has 1 aromatic heterocycles. The molecule has 0 bridgehead atoms. The van der Waals surface area contributed by atoms with Crippen molar-refractivity contribution in [3.8, 4) is 0 Å². The molecular weight excluding hydrogens is 276 g/mol. The van der Waals surface area contributed by atoms with Gasteiger partial charge in [-0.3, -0.25) is 4.68 Å². The molecule has 0 spiro atoms. The second-order valence-electron chi connectivity index (χ2n) is 4.96. The van der Waals surface area contributed by atoms with Gasteiger partial charge < -0.3 is 5.73 Å². The number of sulfonamides is 1. The van der Waals surface area contributed by atoms with Crippen molar-refractivity contribution >= 4 is 10.0 Å². The quantitative estimate of drug-likeness (QED) is 0.852. The van der Waals surface area contributed by atoms with E-state index in [2.05, 4.69) is 9.82 Å². The molecule has 20 heavy (non-hydrogen) atoms. The molecule has 7 heteroatoms. The van der Waals surface area contributed by atoms with E-state index in [1.807, 2.05) is 24.3 Å². The molecule has 2 aromatic rings. The van der Waals surface area contributed by atoms with Crippen molar-refractivity contribution in [1.29, 1.82) is 0 Å². The van der Waals surface area contributed by atoms with Crippen molar-refractivity contribution in [2.75, 3.05) is 0 Å². The van der Waals surface area contributed by atoms with Gasteiger partial charge in [0, 0.05) is 13.1 Å². The zero-order chi connectivity index (χ0) is 14.3. The Morgan fingerprint density at radius 1 is 1.35 bits per heavy atom. The van der Waals surface area contributed by atoms with Gasteiger partial charge in [0.2, 0.25) is 0 Å². The average Bonchev–Trinajstić information content (AvgIpc) is 2.95. The number of nitrogens with two attached hydrogens (primary N) is 1. The summed E-state index contributed by atoms with van der Waals surface area (Å²) in [5, 5.41) is 4.02. The maximum absolute atomic E-state index is 12.4. The molecule has 0 saturated heterocycles. The van der Waals surface area contributed by atoms with Crippen LogP contribution in [0.4, 0.5) is 0 Å². The molecule has 2 atom stereocenters. The molecule has 2 unspecified atom stereocenters. The summed E-state index contributed by atoms with van der Waals surface area (Å²) in [6, 6.07) is 8.54. The second kappa shape index (κ2) is 4.69. The molecule has 0 amide bonds. The van der Waals surface area contributed by atoms with Crippen LogP contribution in [0.5, 0.6) is 0 Å². The first-order valence-corrected chi connectivity index (χ1v) is 7.81. The minimum absolute atomic E-state index is 0.133. The zero-order valence-electron chi connectivity index (χ0n) is 11.0. The summed E-state index contributed by atoms with van der Waals surface area (Å²) in [6.07, 6.45) is 2.13. The first kappa shape index (κ1) is 13.3. The fraction of sp³-hybridized carbons (Fsp3) is 0.308. The van der Waals surface area contributed by atoms with Crippen LogP contribution in [-0.2, 0) is 23.5 Å². The number of hydrogen-bond acceptors (Lipinski definition) is 4. The van der Waals surface area contributed by atoms with E-state index >= 15 is 0 Å². The van der Waals surface area contributed by atoms with E-state index in [1.54, 1.807) is 7.05 Å². The van der Waals surface area contributed by atoms with Crippen molar-refractivity contribution in [3.05, 3.63) is 47.7 Å². The Kier molecular flexibility index (Phi) is 3.12. The lowest BCUT2D eigenvalue weighted by Crippen LogP contribution is -2.38. The van der Waals surface area contributed by atoms with Gasteiger partial charge in [-0.05, 0) is 23.6 Å². The summed E-state index contributed by atoms with van der Waals surface area (Å²) in [7, 11) is -2.04. The summed E-state index contributed by atoms with van der Waals surface area (Å²) in [5.74, 6) is 0. The fourth-order valence-corrected chi connectivity index (χ4v) is 4.02. The molecule has 6 nitrogen and oxygen atoms in total. The summed E-state index contributed by atoms with van der Waals surface area (Å²) in [5.41, 5.74) is 8.12. The summed E-state index contributed by atoms with van der Waals surface area (Å²) in [6.45, 7) is 0. The van der Waals surface area contributed by atoms with Crippen LogP contribution < -0.4 is 10.5 Å². The van der Waals surface area contributed by atoms with Gasteiger partial charge >= 0.3 is 0 Å². The van der Waals surface area contributed by atoms with Crippen LogP contribution in [0.1, 0.15) is 17.2 Å². The minimum Gasteiger partial charge on any atom is -0.326 e. The number of nitrogens with zero attached hydrogens (tertiary/aromatic N) is 2. The maximum Gasteiger partial charge on any atom is 0.258 e. The molecular formula is C13H16N4O2S. The van der Waals surface area contributed by atoms with Crippen molar-refractivity contribution < 1.29 is 8.42 Å². The third-order valence-corrected chi connectivity index (χ3v) is 5.12. The number of benzene rings is 1. The van der Waals surface area contributed by atoms with Crippen LogP contribution in [0.2, 0.25) is 0 Å². The SMILES string of the molecule is Cn1nccc1S(=O)(=O)NC1c2ccccc2CC1N. The van der Waals surface area contributed by atoms with Crippen LogP contribution >= 0.6 is 0 Å². The van der Waals surface area contributed by atoms with Gasteiger partial charge in [0.25, 0.3) is 10.0 Å². The van der Waals surface area contributed by atoms with E-state index in [-0.39, 0.29) is 11.1 Å². The van der Waals surface area contributed by atoms with Crippen LogP contribution in [0.15, 0.2) is 41.6 Å². The highest BCUT2D eigenvalue weighted by Crippen LogP contribution is 2.31. The van der Waals surface area contributed by atoms with E-state index in [4.69, 9.17) is 5.73 Å². The Hall–Kier alpha value is -1.70. The largest absolute Gasteiger partial charge is 0.326 e. The molecule has 1 aliphatic carbocycles. The number of hydrogen-bond donors (Lipinski definition) is 2. The van der Waals surface area contributed by atoms with Gasteiger partial charge in [0.05, 0.1) is 12.2 Å². The lowest BCUT2D eigenvalue weighted by molar-refractivity contribution is 0.509. The average molecular weight is 292 g/mol. The molecule has 1 aromatic carbocycles. The summed E-state index contributed by atoms with van der Waals surface area (Å²) >= 11 is 0. The topological polar surface area (TPSA) is 90.0 Å². The van der Waals surface area contributed by atoms with Crippen molar-refractivity contribution in [3.63, 3.8) is 0 Å². The predicted octanol–water partition coefficient (Wildman–Crippen LogP) is 0.323. The Labute approximate surface area is 117 Å². The van der Waals surface area contributed by atoms with Gasteiger partial charge in [-0.25, -0.2) is 13.1 Å². The molecule has 106 valence electrons. The maximum atomic E-state index is 12.4. The highest BCUT2D eigenvalue weighted by molar-refractivity contribution is 7.89. The van der Waals surface area contributed by atoms with E-state index in [1.165, 1.54) is 16.9 Å². The molecule has 0 saturated carbocycles. The van der Waals surface area contributed by atoms with Gasteiger partial charge in [0.15, 0.2) is 5.03 Å². The van der Waals surface area contributed by atoms with Crippen molar-refractivity contribution in [2.24, 2.45) is 12.8 Å². The zero-order valence-corrected chi connectivity index (χ0v) is 11.8. The summed E-state index contributed by atoms with van der Waals surface area (Å²) in [4.78, 5) is 0. The number of aromatic nitrogens is 2. The van der Waals surface area contributed by atoms with Crippen LogP contribution in [-0.4, -0.2) is 24.2 Å². The normalized spacial score (nSPS) is 21.9. The van der Waals surface area contributed by atoms with Gasteiger partial charge in [0.1, 0.15) is 0 Å². The lowest BCUT2D eigenvalue weighted by Gasteiger charge is -2.18. The first-order valence-electron chi connectivity index (χ1n) is 6.33. The fourth-order valence-electron chi connectivity index (χ4n) is 2.63. The number of fused-ring (bicyclic) bond motifs is 1. The van der Waals surface area contributed by atoms with E-state index in [9.17, 15) is 8.42 Å². The molecule has 0 radical (unpaired) electrons. The van der Waals surface area contributed by atoms with E-state index < -0.39 is 16.1 Å². The smallest absolute Gasteiger partial charge is 0.258 e. The molecule has 3 N–H and O–H groups in total. The van der Waals surface area contributed by atoms with Crippen LogP contribution in [0.25, 0.3) is 0 Å². The lowest BCUT2D eigenvalue weighted by atomic mass is 10.1. The van der Waals surface area contributed by atoms with Crippen molar-refractivity contribution in [2.45, 2.75) is 23.5 Å². The number of nitrogens with one attached hydrogen (secondary N) is 1. The Morgan fingerprint density at radius 2 is 2.10 bits per heavy atom. The summed E-state index contributed by atoms with van der Waals surface area (Å²) < 4.78 is 28.8. The number of aryl methyl sites for hydroxylation is 1. The molecule has 1 heterocycles. The molecule has 0 fully saturated rings. The second-order valence-corrected chi connectivity index (χ2v) is 6.62. The minimum atomic E-state index is -3.64. The standard InChI is InChI=1S/C13H16N4O2S/c1-17-12(6-7-15-17)20(18,19)16-13-10-5-3-2-4-9(10)8-11(13)14/h2-7,11,13,16H,8,14H2,1H3. The predicted molar refractivity (Wildman–Crippen MR) is 74.4 cm³/mol. The monoisotopic (exact) mass is 292 g/mol. The van der Waals surface area contributed by atoms with Crippen LogP contribution in [0, 0.1) is 0 Å². The first-order chi connectivity index (χ1) is 9.49. The van der Waals surface area contributed by atoms with Gasteiger partial charge in [-0.15, -0.1) is 0 Å². The van der Waals surface area contributed by atoms with Gasteiger partial charge in [-0.2, -0.15) is 5.10 Å². The van der Waals surface area contributed by atoms with Gasteiger partial charge in [-0.1, -0.05) is 24.3 Å². The number of rotatable bonds is 3. The van der Waals surface area contributed by atoms with E-state index in [0.717, 1.165) is 11.1 Å². The third-order valence-electron chi connectivity index (χ3n) is 3.61. The third kappa shape index (κ3) is 2.13. The molecule has 1 aliphatic rings. The molecule has 0 aliphatic heterocycles. The van der Waals surface area contributed by atoms with E-state index in [0.29, 0.717) is 6.42 Å². The highest BCUT2D eigenvalue weighted by atomic mass is 32.2. The van der Waals surface area contributed by atoms with Crippen molar-refractivity contribution in [1.82, 2.24) is 14.5 Å².